The molecule has 1 saturated carbocycles. The van der Waals surface area contributed by atoms with E-state index in [0.29, 0.717) is 23.4 Å². The van der Waals surface area contributed by atoms with E-state index in [9.17, 15) is 9.59 Å². The number of aryl methyl sites for hydroxylation is 1. The van der Waals surface area contributed by atoms with E-state index < -0.39 is 6.09 Å². The number of hydrogen-bond donors (Lipinski definition) is 2. The lowest BCUT2D eigenvalue weighted by atomic mass is 9.84. The van der Waals surface area contributed by atoms with Crippen LogP contribution in [0.1, 0.15) is 50.0 Å². The molecule has 5 rings (SSSR count). The Morgan fingerprint density at radius 2 is 1.84 bits per heavy atom. The van der Waals surface area contributed by atoms with Gasteiger partial charge >= 0.3 is 6.09 Å². The lowest BCUT2D eigenvalue weighted by Crippen LogP contribution is -2.52. The average molecular weight is 507 g/mol. The van der Waals surface area contributed by atoms with Crippen LogP contribution in [0.2, 0.25) is 0 Å². The lowest BCUT2D eigenvalue weighted by Gasteiger charge is -2.41. The molecule has 0 spiro atoms. The first-order valence-corrected chi connectivity index (χ1v) is 12.9. The summed E-state index contributed by atoms with van der Waals surface area (Å²) in [7, 11) is 1.52. The highest BCUT2D eigenvalue weighted by Gasteiger charge is 2.31. The van der Waals surface area contributed by atoms with Gasteiger partial charge in [0.15, 0.2) is 0 Å². The molecule has 2 amide bonds. The van der Waals surface area contributed by atoms with Crippen molar-refractivity contribution in [3.63, 3.8) is 0 Å². The molecule has 37 heavy (non-hydrogen) atoms. The number of nitrogens with zero attached hydrogens (tertiary/aromatic N) is 5. The van der Waals surface area contributed by atoms with E-state index in [1.54, 1.807) is 13.0 Å². The maximum absolute atomic E-state index is 11.7. The number of anilines is 1. The van der Waals surface area contributed by atoms with E-state index in [1.165, 1.54) is 7.11 Å². The molecule has 10 heteroatoms. The topological polar surface area (TPSA) is 112 Å². The Bertz CT molecular complexity index is 1310. The number of fused-ring (bicyclic) bond motifs is 1. The molecule has 2 aliphatic rings. The maximum atomic E-state index is 11.7. The fourth-order valence-corrected chi connectivity index (χ4v) is 5.87. The summed E-state index contributed by atoms with van der Waals surface area (Å²) in [5.74, 6) is 1.99. The highest BCUT2D eigenvalue weighted by Crippen LogP contribution is 2.39. The van der Waals surface area contributed by atoms with E-state index in [-0.39, 0.29) is 5.91 Å². The van der Waals surface area contributed by atoms with Crippen LogP contribution in [0, 0.1) is 6.92 Å². The van der Waals surface area contributed by atoms with Crippen LogP contribution in [0.25, 0.3) is 16.8 Å². The number of piperazine rings is 1. The van der Waals surface area contributed by atoms with Crippen molar-refractivity contribution >= 4 is 23.2 Å². The molecule has 0 atom stereocenters. The summed E-state index contributed by atoms with van der Waals surface area (Å²) in [5.41, 5.74) is 3.91. The van der Waals surface area contributed by atoms with Gasteiger partial charge in [0.25, 0.3) is 0 Å². The number of benzene rings is 1. The zero-order valence-electron chi connectivity index (χ0n) is 21.6. The minimum absolute atomic E-state index is 0.167. The second-order valence-electron chi connectivity index (χ2n) is 9.94. The van der Waals surface area contributed by atoms with Crippen molar-refractivity contribution < 1.29 is 19.4 Å². The number of carboxylic acid groups (broad SMARTS) is 1. The van der Waals surface area contributed by atoms with E-state index in [0.717, 1.165) is 80.2 Å². The zero-order valence-corrected chi connectivity index (χ0v) is 21.6. The molecule has 2 fully saturated rings. The first-order chi connectivity index (χ1) is 17.9. The van der Waals surface area contributed by atoms with Crippen LogP contribution in [0.5, 0.6) is 5.75 Å². The maximum Gasteiger partial charge on any atom is 0.409 e. The number of methoxy groups -OCH3 is 1. The number of carbonyl (C=O) groups is 2. The minimum Gasteiger partial charge on any atom is -0.495 e. The van der Waals surface area contributed by atoms with Crippen molar-refractivity contribution in [2.24, 2.45) is 0 Å². The molecule has 3 aromatic rings. The summed E-state index contributed by atoms with van der Waals surface area (Å²) in [6, 6.07) is 5.94. The molecule has 2 aromatic heterocycles. The summed E-state index contributed by atoms with van der Waals surface area (Å²) in [5, 5.41) is 11.5. The smallest absolute Gasteiger partial charge is 0.409 e. The van der Waals surface area contributed by atoms with E-state index in [2.05, 4.69) is 19.6 Å². The quantitative estimate of drug-likeness (QED) is 0.538. The second-order valence-corrected chi connectivity index (χ2v) is 9.94. The molecule has 1 aliphatic carbocycles. The Hall–Kier alpha value is -3.66. The molecule has 1 saturated heterocycles. The Morgan fingerprint density at radius 1 is 1.11 bits per heavy atom. The number of carbonyl (C=O) groups excluding carboxylic acids is 1. The molecule has 196 valence electrons. The summed E-state index contributed by atoms with van der Waals surface area (Å²) in [6.07, 6.45) is 7.00. The summed E-state index contributed by atoms with van der Waals surface area (Å²) in [6.45, 7) is 7.17. The number of aromatic nitrogens is 3. The van der Waals surface area contributed by atoms with Crippen molar-refractivity contribution in [2.45, 2.75) is 51.5 Å². The predicted octanol–water partition coefficient (Wildman–Crippen LogP) is 3.99. The predicted molar refractivity (Wildman–Crippen MR) is 140 cm³/mol. The lowest BCUT2D eigenvalue weighted by molar-refractivity contribution is -0.131. The van der Waals surface area contributed by atoms with Gasteiger partial charge in [0.2, 0.25) is 5.91 Å². The van der Waals surface area contributed by atoms with Crippen molar-refractivity contribution in [1.82, 2.24) is 24.2 Å². The molecule has 1 aromatic carbocycles. The zero-order chi connectivity index (χ0) is 26.1. The van der Waals surface area contributed by atoms with Crippen molar-refractivity contribution in [3.05, 3.63) is 42.1 Å². The van der Waals surface area contributed by atoms with Crippen LogP contribution in [0.3, 0.4) is 0 Å². The van der Waals surface area contributed by atoms with Crippen molar-refractivity contribution in [2.75, 3.05) is 38.6 Å². The summed E-state index contributed by atoms with van der Waals surface area (Å²) < 4.78 is 7.63. The van der Waals surface area contributed by atoms with Gasteiger partial charge in [0, 0.05) is 63.0 Å². The number of nitrogens with one attached hydrogen (secondary N) is 1. The average Bonchev–Trinajstić information content (AvgIpc) is 3.30. The number of imidazole rings is 1. The van der Waals surface area contributed by atoms with E-state index >= 15 is 0 Å². The van der Waals surface area contributed by atoms with Crippen molar-refractivity contribution in [1.29, 1.82) is 0 Å². The van der Waals surface area contributed by atoms with Crippen molar-refractivity contribution in [3.8, 4) is 17.0 Å². The van der Waals surface area contributed by atoms with Gasteiger partial charge in [-0.05, 0) is 44.7 Å². The monoisotopic (exact) mass is 506 g/mol. The third kappa shape index (κ3) is 4.98. The van der Waals surface area contributed by atoms with Crippen LogP contribution in [0.15, 0.2) is 30.6 Å². The van der Waals surface area contributed by atoms with Gasteiger partial charge < -0.3 is 14.7 Å². The number of rotatable bonds is 5. The summed E-state index contributed by atoms with van der Waals surface area (Å²) >= 11 is 0. The van der Waals surface area contributed by atoms with Gasteiger partial charge in [-0.2, -0.15) is 0 Å². The number of ether oxygens (including phenoxy) is 1. The Kier molecular flexibility index (Phi) is 7.01. The SMILES string of the molecule is COc1cc(-c2nc(C3CCC(N4CCN(C(C)=O)CC4)CC3)n3ccnc(C)c23)ccc1NC(=O)O. The molecule has 0 unspecified atom stereocenters. The highest BCUT2D eigenvalue weighted by molar-refractivity contribution is 5.88. The molecule has 1 aliphatic heterocycles. The normalized spacial score (nSPS) is 20.7. The van der Waals surface area contributed by atoms with Crippen LogP contribution >= 0.6 is 0 Å². The van der Waals surface area contributed by atoms with Crippen LogP contribution in [-0.4, -0.2) is 80.6 Å². The second kappa shape index (κ2) is 10.4. The van der Waals surface area contributed by atoms with Gasteiger partial charge in [-0.25, -0.2) is 9.78 Å². The largest absolute Gasteiger partial charge is 0.495 e. The third-order valence-electron chi connectivity index (χ3n) is 7.82. The van der Waals surface area contributed by atoms with Crippen LogP contribution < -0.4 is 10.1 Å². The summed E-state index contributed by atoms with van der Waals surface area (Å²) in [4.78, 5) is 37.0. The fourth-order valence-electron chi connectivity index (χ4n) is 5.87. The van der Waals surface area contributed by atoms with E-state index in [1.807, 2.05) is 36.4 Å². The Labute approximate surface area is 216 Å². The standard InChI is InChI=1S/C27H34N6O4/c1-17-25-24(20-6-9-22(29-27(35)36)23(16-20)37-3)30-26(33(25)11-10-28-17)19-4-7-21(8-5-19)32-14-12-31(13-15-32)18(2)34/h6,9-11,16,19,21,29H,4-5,7-8,12-15H2,1-3H3,(H,35,36). The Balaban J connectivity index is 1.39. The molecule has 2 N–H and O–H groups in total. The van der Waals surface area contributed by atoms with Crippen LogP contribution in [0.4, 0.5) is 10.5 Å². The molecule has 0 bridgehead atoms. The molecule has 10 nitrogen and oxygen atoms in total. The van der Waals surface area contributed by atoms with Gasteiger partial charge in [-0.3, -0.25) is 24.4 Å². The third-order valence-corrected chi connectivity index (χ3v) is 7.82. The van der Waals surface area contributed by atoms with Gasteiger partial charge in [-0.15, -0.1) is 0 Å². The molecular formula is C27H34N6O4. The minimum atomic E-state index is -1.14. The molecule has 3 heterocycles. The van der Waals surface area contributed by atoms with Gasteiger partial charge in [0.05, 0.1) is 29.7 Å². The number of amides is 2. The fraction of sp³-hybridized carbons (Fsp3) is 0.481. The van der Waals surface area contributed by atoms with Crippen LogP contribution in [-0.2, 0) is 4.79 Å². The van der Waals surface area contributed by atoms with E-state index in [4.69, 9.17) is 14.8 Å². The first-order valence-electron chi connectivity index (χ1n) is 12.9. The van der Waals surface area contributed by atoms with Gasteiger partial charge in [0.1, 0.15) is 11.6 Å². The first kappa shape index (κ1) is 25.0. The highest BCUT2D eigenvalue weighted by atomic mass is 16.5. The molecule has 0 radical (unpaired) electrons. The molecular weight excluding hydrogens is 472 g/mol. The van der Waals surface area contributed by atoms with Gasteiger partial charge in [-0.1, -0.05) is 6.07 Å². The number of hydrogen-bond acceptors (Lipinski definition) is 6. The Morgan fingerprint density at radius 3 is 2.49 bits per heavy atom.